The van der Waals surface area contributed by atoms with Gasteiger partial charge < -0.3 is 19.9 Å². The molecule has 2 aliphatic rings. The van der Waals surface area contributed by atoms with Gasteiger partial charge in [-0.3, -0.25) is 0 Å². The zero-order valence-electron chi connectivity index (χ0n) is 18.2. The lowest BCUT2D eigenvalue weighted by atomic mass is 10.1. The molecule has 1 saturated carbocycles. The highest BCUT2D eigenvalue weighted by Gasteiger charge is 2.55. The van der Waals surface area contributed by atoms with E-state index in [9.17, 15) is 5.11 Å². The van der Waals surface area contributed by atoms with Crippen molar-refractivity contribution in [2.45, 2.75) is 82.6 Å². The summed E-state index contributed by atoms with van der Waals surface area (Å²) in [5.74, 6) is 1.02. The maximum absolute atomic E-state index is 9.89. The molecule has 2 aromatic rings. The number of thioether (sulfide) groups is 1. The SMILES string of the molecule is CCCCCSc1nc(NCC)c2nnn(C3CC(CO)C4OC(C)(C)OC43)c2n1. The Morgan fingerprint density at radius 3 is 2.73 bits per heavy atom. The second-order valence-corrected chi connectivity index (χ2v) is 9.52. The number of anilines is 1. The van der Waals surface area contributed by atoms with E-state index in [1.54, 1.807) is 11.8 Å². The molecule has 4 atom stereocenters. The molecule has 0 amide bonds. The van der Waals surface area contributed by atoms with E-state index in [2.05, 4.69) is 27.5 Å². The third-order valence-electron chi connectivity index (χ3n) is 5.73. The van der Waals surface area contributed by atoms with Crippen LogP contribution in [0.15, 0.2) is 5.16 Å². The molecule has 2 fully saturated rings. The Morgan fingerprint density at radius 1 is 1.20 bits per heavy atom. The second-order valence-electron chi connectivity index (χ2n) is 8.46. The molecule has 1 aliphatic carbocycles. The molecule has 9 nitrogen and oxygen atoms in total. The predicted molar refractivity (Wildman–Crippen MR) is 116 cm³/mol. The monoisotopic (exact) mass is 436 g/mol. The van der Waals surface area contributed by atoms with Gasteiger partial charge in [-0.1, -0.05) is 36.7 Å². The fourth-order valence-electron chi connectivity index (χ4n) is 4.38. The van der Waals surface area contributed by atoms with Gasteiger partial charge in [0, 0.05) is 24.8 Å². The third kappa shape index (κ3) is 4.15. The van der Waals surface area contributed by atoms with Crippen LogP contribution in [0.5, 0.6) is 0 Å². The number of hydrogen-bond donors (Lipinski definition) is 2. The first-order valence-electron chi connectivity index (χ1n) is 10.9. The highest BCUT2D eigenvalue weighted by atomic mass is 32.2. The minimum atomic E-state index is -0.679. The minimum Gasteiger partial charge on any atom is -0.396 e. The van der Waals surface area contributed by atoms with Gasteiger partial charge in [0.05, 0.1) is 12.1 Å². The van der Waals surface area contributed by atoms with Gasteiger partial charge in [-0.25, -0.2) is 14.6 Å². The van der Waals surface area contributed by atoms with E-state index >= 15 is 0 Å². The van der Waals surface area contributed by atoms with Crippen LogP contribution in [0.25, 0.3) is 11.2 Å². The quantitative estimate of drug-likeness (QED) is 0.348. The molecule has 10 heteroatoms. The maximum Gasteiger partial charge on any atom is 0.191 e. The van der Waals surface area contributed by atoms with Gasteiger partial charge in [-0.2, -0.15) is 0 Å². The Bertz CT molecular complexity index is 876. The zero-order chi connectivity index (χ0) is 21.3. The summed E-state index contributed by atoms with van der Waals surface area (Å²) in [6.45, 7) is 8.85. The summed E-state index contributed by atoms with van der Waals surface area (Å²) in [6.07, 6.45) is 3.89. The van der Waals surface area contributed by atoms with Crippen LogP contribution in [-0.4, -0.2) is 67.0 Å². The average Bonchev–Trinajstić information content (AvgIpc) is 3.36. The predicted octanol–water partition coefficient (Wildman–Crippen LogP) is 3.01. The average molecular weight is 437 g/mol. The van der Waals surface area contributed by atoms with E-state index in [1.807, 2.05) is 25.5 Å². The standard InChI is InChI=1S/C20H32N6O3S/c1-5-7-8-9-30-19-22-17(21-6-2)14-18(23-19)26(25-24-14)13-10-12(11-27)15-16(13)29-20(3,4)28-15/h12-13,15-16,27H,5-11H2,1-4H3,(H,21,22,23). The summed E-state index contributed by atoms with van der Waals surface area (Å²) >= 11 is 1.67. The molecule has 4 rings (SSSR count). The molecule has 2 aromatic heterocycles. The fourth-order valence-corrected chi connectivity index (χ4v) is 5.22. The highest BCUT2D eigenvalue weighted by molar-refractivity contribution is 7.99. The number of unbranched alkanes of at least 4 members (excludes halogenated alkanes) is 2. The van der Waals surface area contributed by atoms with E-state index in [1.165, 1.54) is 12.8 Å². The van der Waals surface area contributed by atoms with Crippen molar-refractivity contribution in [3.8, 4) is 0 Å². The van der Waals surface area contributed by atoms with Crippen molar-refractivity contribution in [3.05, 3.63) is 0 Å². The van der Waals surface area contributed by atoms with Gasteiger partial charge in [-0.05, 0) is 33.6 Å². The van der Waals surface area contributed by atoms with Crippen LogP contribution >= 0.6 is 11.8 Å². The highest BCUT2D eigenvalue weighted by Crippen LogP contribution is 2.47. The van der Waals surface area contributed by atoms with Crippen LogP contribution in [0.1, 0.15) is 59.4 Å². The number of hydrogen-bond acceptors (Lipinski definition) is 9. The van der Waals surface area contributed by atoms with Gasteiger partial charge in [0.15, 0.2) is 27.9 Å². The first kappa shape index (κ1) is 21.7. The Hall–Kier alpha value is -1.49. The van der Waals surface area contributed by atoms with Gasteiger partial charge >= 0.3 is 0 Å². The summed E-state index contributed by atoms with van der Waals surface area (Å²) in [5.41, 5.74) is 1.37. The number of aliphatic hydroxyl groups is 1. The van der Waals surface area contributed by atoms with Crippen molar-refractivity contribution >= 4 is 28.7 Å². The number of ether oxygens (including phenoxy) is 2. The van der Waals surface area contributed by atoms with Crippen molar-refractivity contribution in [1.82, 2.24) is 25.0 Å². The molecular formula is C20H32N6O3S. The van der Waals surface area contributed by atoms with Crippen molar-refractivity contribution in [1.29, 1.82) is 0 Å². The molecule has 0 radical (unpaired) electrons. The molecule has 2 N–H and O–H groups in total. The second kappa shape index (κ2) is 8.94. The number of aromatic nitrogens is 5. The smallest absolute Gasteiger partial charge is 0.191 e. The Labute approximate surface area is 181 Å². The van der Waals surface area contributed by atoms with Crippen LogP contribution < -0.4 is 5.32 Å². The number of fused-ring (bicyclic) bond motifs is 2. The molecule has 4 unspecified atom stereocenters. The molecule has 3 heterocycles. The van der Waals surface area contributed by atoms with E-state index < -0.39 is 5.79 Å². The Morgan fingerprint density at radius 2 is 2.00 bits per heavy atom. The Kier molecular flexibility index (Phi) is 6.47. The molecule has 0 bridgehead atoms. The van der Waals surface area contributed by atoms with Crippen LogP contribution in [0, 0.1) is 5.92 Å². The van der Waals surface area contributed by atoms with Crippen LogP contribution in [-0.2, 0) is 9.47 Å². The summed E-state index contributed by atoms with van der Waals surface area (Å²) < 4.78 is 14.1. The number of nitrogens with zero attached hydrogens (tertiary/aromatic N) is 5. The molecule has 0 aromatic carbocycles. The lowest BCUT2D eigenvalue weighted by molar-refractivity contribution is -0.162. The van der Waals surface area contributed by atoms with Crippen molar-refractivity contribution in [3.63, 3.8) is 0 Å². The largest absolute Gasteiger partial charge is 0.396 e. The lowest BCUT2D eigenvalue weighted by Gasteiger charge is -2.23. The first-order valence-corrected chi connectivity index (χ1v) is 11.9. The fraction of sp³-hybridized carbons (Fsp3) is 0.800. The van der Waals surface area contributed by atoms with Crippen LogP contribution in [0.3, 0.4) is 0 Å². The van der Waals surface area contributed by atoms with Gasteiger partial charge in [0.2, 0.25) is 0 Å². The minimum absolute atomic E-state index is 0.000936. The first-order chi connectivity index (χ1) is 14.5. The summed E-state index contributed by atoms with van der Waals surface area (Å²) in [5, 5.41) is 22.8. The van der Waals surface area contributed by atoms with Crippen molar-refractivity contribution < 1.29 is 14.6 Å². The lowest BCUT2D eigenvalue weighted by Crippen LogP contribution is -2.28. The van der Waals surface area contributed by atoms with E-state index in [4.69, 9.17) is 14.5 Å². The van der Waals surface area contributed by atoms with Crippen molar-refractivity contribution in [2.75, 3.05) is 24.2 Å². The van der Waals surface area contributed by atoms with E-state index in [0.29, 0.717) is 23.4 Å². The summed E-state index contributed by atoms with van der Waals surface area (Å²) in [7, 11) is 0. The van der Waals surface area contributed by atoms with Crippen molar-refractivity contribution in [2.24, 2.45) is 5.92 Å². The van der Waals surface area contributed by atoms with E-state index in [-0.39, 0.29) is 30.8 Å². The molecular weight excluding hydrogens is 404 g/mol. The van der Waals surface area contributed by atoms with Crippen LogP contribution in [0.4, 0.5) is 5.82 Å². The molecule has 0 spiro atoms. The third-order valence-corrected chi connectivity index (χ3v) is 6.66. The molecule has 166 valence electrons. The summed E-state index contributed by atoms with van der Waals surface area (Å²) in [4.78, 5) is 9.49. The molecule has 1 saturated heterocycles. The number of aliphatic hydroxyl groups excluding tert-OH is 1. The number of nitrogens with one attached hydrogen (secondary N) is 1. The van der Waals surface area contributed by atoms with E-state index in [0.717, 1.165) is 23.9 Å². The molecule has 1 aliphatic heterocycles. The summed E-state index contributed by atoms with van der Waals surface area (Å²) in [6, 6.07) is -0.0961. The number of rotatable bonds is 9. The Balaban J connectivity index is 1.68. The topological polar surface area (TPSA) is 107 Å². The van der Waals surface area contributed by atoms with Gasteiger partial charge in [0.1, 0.15) is 6.10 Å². The zero-order valence-corrected chi connectivity index (χ0v) is 19.0. The van der Waals surface area contributed by atoms with Gasteiger partial charge in [0.25, 0.3) is 0 Å². The maximum atomic E-state index is 9.89. The van der Waals surface area contributed by atoms with Gasteiger partial charge in [-0.15, -0.1) is 5.10 Å². The normalized spacial score (nSPS) is 27.6. The van der Waals surface area contributed by atoms with Crippen LogP contribution in [0.2, 0.25) is 0 Å². The molecule has 30 heavy (non-hydrogen) atoms.